The van der Waals surface area contributed by atoms with Gasteiger partial charge in [0.1, 0.15) is 0 Å². The second kappa shape index (κ2) is 7.49. The first-order valence-corrected chi connectivity index (χ1v) is 27.6. The summed E-state index contributed by atoms with van der Waals surface area (Å²) in [7, 11) is 1.72. The molecule has 4 aromatic carbocycles. The molecule has 0 N–H and O–H groups in total. The molecule has 0 spiro atoms. The molecule has 2 unspecified atom stereocenters. The summed E-state index contributed by atoms with van der Waals surface area (Å²) in [6.07, 6.45) is 1.22. The van der Waals surface area contributed by atoms with Gasteiger partial charge in [-0.25, -0.2) is 0 Å². The minimum atomic E-state index is -3.33. The molecule has 31 heavy (non-hydrogen) atoms. The quantitative estimate of drug-likeness (QED) is 0.179. The Morgan fingerprint density at radius 3 is 1.45 bits per heavy atom. The van der Waals surface area contributed by atoms with Crippen LogP contribution in [0.2, 0.25) is 5.31 Å². The predicted molar refractivity (Wildman–Crippen MR) is 152 cm³/mol. The predicted octanol–water partition coefficient (Wildman–Crippen LogP) is 8.24. The fourth-order valence-electron chi connectivity index (χ4n) is 5.05. The van der Waals surface area contributed by atoms with Crippen LogP contribution in [0, 0.1) is 0 Å². The number of halogens is 2. The Balaban J connectivity index is 1.81. The van der Waals surface area contributed by atoms with E-state index in [2.05, 4.69) is 143 Å². The van der Waals surface area contributed by atoms with Crippen LogP contribution in [0.1, 0.15) is 6.42 Å². The van der Waals surface area contributed by atoms with Crippen LogP contribution in [0.4, 0.5) is 11.4 Å². The molecule has 0 radical (unpaired) electrons. The number of quaternary nitrogens is 2. The van der Waals surface area contributed by atoms with E-state index >= 15 is 0 Å². The molecule has 1 aliphatic heterocycles. The van der Waals surface area contributed by atoms with E-state index in [0.29, 0.717) is 0 Å². The molecule has 0 amide bonds. The molecule has 2 nitrogen and oxygen atoms in total. The fraction of sp³-hybridized carbons (Fsp3) is 0.231. The molecule has 1 heterocycles. The van der Waals surface area contributed by atoms with Gasteiger partial charge in [-0.1, -0.05) is 0 Å². The number of hydrogen-bond acceptors (Lipinski definition) is 0. The summed E-state index contributed by atoms with van der Waals surface area (Å²) >= 11 is 5.94. The molecular weight excluding hydrogens is 789 g/mol. The zero-order chi connectivity index (χ0) is 21.9. The van der Waals surface area contributed by atoms with Gasteiger partial charge in [0, 0.05) is 0 Å². The normalized spacial score (nSPS) is 28.7. The van der Waals surface area contributed by atoms with Crippen LogP contribution in [-0.4, -0.2) is 27.2 Å². The average molecular weight is 818 g/mol. The standard InChI is InChI=1S/C25H26N2.CH3.2HI.Pt/c1-26(24-16-7-12-20-10-3-5-14-22(20)24)18-9-19-27(2)25-17-8-13-21-11-4-6-15-23(21)25;;;;/h3-8,10-17H,9,18-19H2,1-2H3;1H3;2*1H;/q;;;;+4/p-2. The van der Waals surface area contributed by atoms with Crippen molar-refractivity contribution in [3.8, 4) is 0 Å². The number of nitrogens with zero attached hydrogens (tertiary/aromatic N) is 2. The first-order valence-electron chi connectivity index (χ1n) is 10.5. The van der Waals surface area contributed by atoms with E-state index in [0.717, 1.165) is 6.08 Å². The zero-order valence-electron chi connectivity index (χ0n) is 18.2. The maximum absolute atomic E-state index is 3.33. The van der Waals surface area contributed by atoms with Crippen molar-refractivity contribution in [2.75, 3.05) is 27.2 Å². The topological polar surface area (TPSA) is 0 Å². The summed E-state index contributed by atoms with van der Waals surface area (Å²) in [5, 5.41) is 8.15. The molecule has 165 valence electrons. The second-order valence-electron chi connectivity index (χ2n) is 8.66. The maximum atomic E-state index is 2.97. The van der Waals surface area contributed by atoms with Crippen molar-refractivity contribution < 1.29 is 7.95 Å². The van der Waals surface area contributed by atoms with Crippen LogP contribution in [0.15, 0.2) is 84.9 Å². The van der Waals surface area contributed by atoms with Gasteiger partial charge in [0.25, 0.3) is 0 Å². The molecule has 5 heteroatoms. The molecular formula is C26H29I2N2Pt+2. The van der Waals surface area contributed by atoms with Gasteiger partial charge in [-0.3, -0.25) is 0 Å². The van der Waals surface area contributed by atoms with Gasteiger partial charge in [-0.2, -0.15) is 0 Å². The number of fused-ring (bicyclic) bond motifs is 2. The van der Waals surface area contributed by atoms with Crippen molar-refractivity contribution in [2.24, 2.45) is 0 Å². The van der Waals surface area contributed by atoms with E-state index in [-0.39, 0.29) is 0 Å². The SMILES string of the molecule is C[N+]1(c2cccc3ccccc23)CCC[N+](C)(c2cccc3ccccc23)[Pt]1([CH3])([I])[I]. The molecule has 0 aromatic heterocycles. The van der Waals surface area contributed by atoms with Crippen molar-refractivity contribution in [2.45, 2.75) is 11.7 Å². The fourth-order valence-corrected chi connectivity index (χ4v) is 23.9. The Morgan fingerprint density at radius 1 is 0.613 bits per heavy atom. The van der Waals surface area contributed by atoms with Gasteiger partial charge in [0.05, 0.1) is 0 Å². The zero-order valence-corrected chi connectivity index (χ0v) is 24.8. The van der Waals surface area contributed by atoms with Crippen molar-refractivity contribution in [1.82, 2.24) is 6.08 Å². The van der Waals surface area contributed by atoms with E-state index < -0.39 is 7.95 Å². The third kappa shape index (κ3) is 3.04. The van der Waals surface area contributed by atoms with Gasteiger partial charge in [-0.05, 0) is 0 Å². The van der Waals surface area contributed by atoms with Gasteiger partial charge in [0.15, 0.2) is 0 Å². The summed E-state index contributed by atoms with van der Waals surface area (Å²) in [6.45, 7) is 2.40. The average Bonchev–Trinajstić information content (AvgIpc) is 2.76. The Hall–Kier alpha value is -0.532. The van der Waals surface area contributed by atoms with Gasteiger partial charge >= 0.3 is 210 Å². The molecule has 1 fully saturated rings. The van der Waals surface area contributed by atoms with E-state index in [9.17, 15) is 0 Å². The number of hydrogen-bond donors (Lipinski definition) is 0. The third-order valence-corrected chi connectivity index (χ3v) is 41.1. The van der Waals surface area contributed by atoms with Gasteiger partial charge in [-0.15, -0.1) is 0 Å². The molecule has 0 aliphatic carbocycles. The van der Waals surface area contributed by atoms with Crippen LogP contribution in [-0.2, 0) is 7.95 Å². The van der Waals surface area contributed by atoms with E-state index in [1.807, 2.05) is 0 Å². The molecule has 5 rings (SSSR count). The molecule has 4 aromatic rings. The third-order valence-electron chi connectivity index (χ3n) is 7.01. The van der Waals surface area contributed by atoms with E-state index in [1.54, 1.807) is 0 Å². The summed E-state index contributed by atoms with van der Waals surface area (Å²) in [5.74, 6) is 0. The number of benzene rings is 4. The van der Waals surface area contributed by atoms with Gasteiger partial charge < -0.3 is 0 Å². The Morgan fingerprint density at radius 2 is 1.00 bits per heavy atom. The van der Waals surface area contributed by atoms with Crippen LogP contribution in [0.3, 0.4) is 0 Å². The Bertz CT molecular complexity index is 1210. The molecule has 2 atom stereocenters. The summed E-state index contributed by atoms with van der Waals surface area (Å²) < 4.78 is 2.10. The molecule has 1 saturated heterocycles. The van der Waals surface area contributed by atoms with E-state index in [4.69, 9.17) is 0 Å². The Kier molecular flexibility index (Phi) is 5.38. The van der Waals surface area contributed by atoms with Gasteiger partial charge in [0.2, 0.25) is 0 Å². The van der Waals surface area contributed by atoms with Crippen molar-refractivity contribution in [3.63, 3.8) is 0 Å². The first kappa shape index (κ1) is 22.3. The minimum absolute atomic E-state index is 1.05. The first-order chi connectivity index (χ1) is 14.7. The van der Waals surface area contributed by atoms with Crippen LogP contribution >= 0.6 is 38.7 Å². The van der Waals surface area contributed by atoms with E-state index in [1.165, 1.54) is 52.4 Å². The molecule has 0 bridgehead atoms. The van der Waals surface area contributed by atoms with Crippen molar-refractivity contribution >= 4 is 71.6 Å². The molecule has 0 saturated carbocycles. The summed E-state index contributed by atoms with van der Waals surface area (Å²) in [5.41, 5.74) is 2.98. The van der Waals surface area contributed by atoms with Crippen LogP contribution in [0.25, 0.3) is 21.5 Å². The monoisotopic (exact) mass is 818 g/mol. The van der Waals surface area contributed by atoms with Crippen LogP contribution in [0.5, 0.6) is 0 Å². The molecule has 1 aliphatic rings. The summed E-state index contributed by atoms with van der Waals surface area (Å²) in [6, 6.07) is 31.7. The number of rotatable bonds is 2. The van der Waals surface area contributed by atoms with Crippen molar-refractivity contribution in [3.05, 3.63) is 84.9 Å². The Labute approximate surface area is 207 Å². The van der Waals surface area contributed by atoms with Crippen molar-refractivity contribution in [1.29, 1.82) is 0 Å². The summed E-state index contributed by atoms with van der Waals surface area (Å²) in [4.78, 5) is 0. The van der Waals surface area contributed by atoms with Crippen LogP contribution < -0.4 is 6.08 Å². The second-order valence-corrected chi connectivity index (χ2v) is 56.6.